The summed E-state index contributed by atoms with van der Waals surface area (Å²) in [4.78, 5) is 0. The first-order valence-electron chi connectivity index (χ1n) is 27.0. The maximum Gasteiger partial charge on any atom is 0.0713 e. The van der Waals surface area contributed by atoms with E-state index in [0.29, 0.717) is 0 Å². The van der Waals surface area contributed by atoms with Crippen LogP contribution in [-0.4, -0.2) is 0 Å². The van der Waals surface area contributed by atoms with Gasteiger partial charge in [-0.25, -0.2) is 0 Å². The number of benzene rings is 10. The standard InChI is InChI=1S/C38H30.C32H26.C3H8.C2H6/c1-3-27-17-22-31(23-18-27)38(30-20-15-26(2)16-21-30)36-14-7-6-12-34(36)35-24-19-29(25-37(35)38)33-13-8-10-28-9-4-5-11-32(28)33;1-5-13-23(4)32(22(3)6-2)29-20-10-9-17-28(29)31-27(19-12-21-30(31)32)26-18-11-15-24-14-7-8-16-25(24)26;1-3-2;1-2/h4-25H,3H2,1-2H3;5-21H,1-3H2,4H3;3H2,1-2H3;1-2H3/b;23-13+;;. The number of hydrogen-bond donors (Lipinski definition) is 0. The van der Waals surface area contributed by atoms with Crippen LogP contribution in [0.4, 0.5) is 0 Å². The van der Waals surface area contributed by atoms with Crippen molar-refractivity contribution >= 4 is 21.5 Å². The van der Waals surface area contributed by atoms with E-state index >= 15 is 0 Å². The normalized spacial score (nSPS) is 15.6. The molecule has 0 spiro atoms. The molecule has 0 aliphatic heterocycles. The quantitative estimate of drug-likeness (QED) is 0.126. The summed E-state index contributed by atoms with van der Waals surface area (Å²) in [7, 11) is 0. The van der Waals surface area contributed by atoms with Gasteiger partial charge >= 0.3 is 0 Å². The lowest BCUT2D eigenvalue weighted by atomic mass is 9.67. The molecule has 370 valence electrons. The first-order valence-corrected chi connectivity index (χ1v) is 27.0. The van der Waals surface area contributed by atoms with Gasteiger partial charge in [0.2, 0.25) is 0 Å². The molecule has 2 unspecified atom stereocenters. The summed E-state index contributed by atoms with van der Waals surface area (Å²) >= 11 is 0. The smallest absolute Gasteiger partial charge is 0.0713 e. The Kier molecular flexibility index (Phi) is 15.4. The molecule has 0 saturated carbocycles. The van der Waals surface area contributed by atoms with Crippen molar-refractivity contribution in [2.24, 2.45) is 0 Å². The van der Waals surface area contributed by atoms with E-state index in [9.17, 15) is 0 Å². The molecule has 2 aliphatic rings. The van der Waals surface area contributed by atoms with E-state index in [1.54, 1.807) is 0 Å². The Bertz CT molecular complexity index is 3720. The molecule has 0 nitrogen and oxygen atoms in total. The van der Waals surface area contributed by atoms with Crippen LogP contribution in [0, 0.1) is 6.92 Å². The Morgan fingerprint density at radius 2 is 0.947 bits per heavy atom. The molecule has 10 aromatic carbocycles. The fourth-order valence-corrected chi connectivity index (χ4v) is 12.0. The highest BCUT2D eigenvalue weighted by Gasteiger charge is 2.48. The van der Waals surface area contributed by atoms with Crippen molar-refractivity contribution in [3.05, 3.63) is 312 Å². The van der Waals surface area contributed by atoms with Gasteiger partial charge in [-0.3, -0.25) is 0 Å². The molecule has 0 radical (unpaired) electrons. The van der Waals surface area contributed by atoms with E-state index in [0.717, 1.165) is 12.0 Å². The van der Waals surface area contributed by atoms with Crippen molar-refractivity contribution in [1.29, 1.82) is 0 Å². The van der Waals surface area contributed by atoms with Crippen LogP contribution >= 0.6 is 0 Å². The highest BCUT2D eigenvalue weighted by molar-refractivity contribution is 6.04. The lowest BCUT2D eigenvalue weighted by Crippen LogP contribution is -2.28. The van der Waals surface area contributed by atoms with Crippen LogP contribution in [0.1, 0.15) is 92.5 Å². The SMILES string of the molecule is C=C/C=C(\C)C1(C(=C)C=C)c2ccccc2-c2c(-c3cccc4ccccc34)cccc21.CC.CCC.CCc1ccc(C2(c3ccc(C)cc3)c3ccccc3-c3ccc(-c4cccc5ccccc45)cc32)cc1. The Labute approximate surface area is 447 Å². The molecular weight excluding hydrogens is 901 g/mol. The average molecular weight is 971 g/mol. The summed E-state index contributed by atoms with van der Waals surface area (Å²) in [6, 6.07) is 80.5. The molecular formula is C75H70. The second kappa shape index (κ2) is 22.4. The monoisotopic (exact) mass is 971 g/mol. The molecule has 0 aromatic heterocycles. The molecule has 0 amide bonds. The Hall–Kier alpha value is -8.32. The van der Waals surface area contributed by atoms with Crippen LogP contribution in [0.15, 0.2) is 268 Å². The minimum Gasteiger partial charge on any atom is -0.0991 e. The summed E-state index contributed by atoms with van der Waals surface area (Å²) in [5, 5.41) is 5.07. The average Bonchev–Trinajstić information content (AvgIpc) is 3.96. The van der Waals surface area contributed by atoms with Gasteiger partial charge in [0.25, 0.3) is 0 Å². The fraction of sp³-hybridized carbons (Fsp3) is 0.147. The molecule has 0 fully saturated rings. The summed E-state index contributed by atoms with van der Waals surface area (Å²) < 4.78 is 0. The summed E-state index contributed by atoms with van der Waals surface area (Å²) in [5.41, 5.74) is 22.1. The topological polar surface area (TPSA) is 0 Å². The van der Waals surface area contributed by atoms with E-state index in [2.05, 4.69) is 279 Å². The third-order valence-electron chi connectivity index (χ3n) is 15.3. The van der Waals surface area contributed by atoms with Crippen LogP contribution in [0.5, 0.6) is 0 Å². The maximum atomic E-state index is 4.49. The van der Waals surface area contributed by atoms with Crippen molar-refractivity contribution < 1.29 is 0 Å². The highest BCUT2D eigenvalue weighted by atomic mass is 14.5. The van der Waals surface area contributed by atoms with Crippen LogP contribution < -0.4 is 0 Å². The molecule has 0 saturated heterocycles. The van der Waals surface area contributed by atoms with Crippen LogP contribution in [0.2, 0.25) is 0 Å². The second-order valence-electron chi connectivity index (χ2n) is 19.6. The van der Waals surface area contributed by atoms with Gasteiger partial charge < -0.3 is 0 Å². The van der Waals surface area contributed by atoms with Crippen molar-refractivity contribution in [1.82, 2.24) is 0 Å². The fourth-order valence-electron chi connectivity index (χ4n) is 12.0. The number of hydrogen-bond acceptors (Lipinski definition) is 0. The Morgan fingerprint density at radius 3 is 1.57 bits per heavy atom. The zero-order valence-corrected chi connectivity index (χ0v) is 45.1. The van der Waals surface area contributed by atoms with Crippen LogP contribution in [0.25, 0.3) is 66.1 Å². The van der Waals surface area contributed by atoms with Gasteiger partial charge in [-0.15, -0.1) is 0 Å². The van der Waals surface area contributed by atoms with Gasteiger partial charge in [-0.05, 0) is 137 Å². The van der Waals surface area contributed by atoms with E-state index in [1.807, 2.05) is 26.0 Å². The molecule has 75 heavy (non-hydrogen) atoms. The van der Waals surface area contributed by atoms with Gasteiger partial charge in [0.15, 0.2) is 0 Å². The zero-order chi connectivity index (χ0) is 52.7. The maximum absolute atomic E-state index is 4.49. The number of allylic oxidation sites excluding steroid dienone is 5. The van der Waals surface area contributed by atoms with Gasteiger partial charge in [0, 0.05) is 0 Å². The Balaban J connectivity index is 0.000000172. The van der Waals surface area contributed by atoms with Crippen LogP contribution in [0.3, 0.4) is 0 Å². The zero-order valence-electron chi connectivity index (χ0n) is 45.1. The number of fused-ring (bicyclic) bond motifs is 8. The summed E-state index contributed by atoms with van der Waals surface area (Å²) in [6.07, 6.45) is 8.15. The molecule has 0 N–H and O–H groups in total. The first kappa shape index (κ1) is 51.6. The number of rotatable bonds is 9. The first-order chi connectivity index (χ1) is 36.7. The predicted molar refractivity (Wildman–Crippen MR) is 327 cm³/mol. The van der Waals surface area contributed by atoms with Gasteiger partial charge in [-0.2, -0.15) is 0 Å². The second-order valence-corrected chi connectivity index (χ2v) is 19.6. The third kappa shape index (κ3) is 8.83. The minimum absolute atomic E-state index is 0.382. The molecule has 10 aromatic rings. The van der Waals surface area contributed by atoms with Crippen molar-refractivity contribution in [2.75, 3.05) is 0 Å². The van der Waals surface area contributed by atoms with Gasteiger partial charge in [0.1, 0.15) is 0 Å². The van der Waals surface area contributed by atoms with E-state index in [4.69, 9.17) is 0 Å². The van der Waals surface area contributed by atoms with Gasteiger partial charge in [-0.1, -0.05) is 302 Å². The number of aryl methyl sites for hydroxylation is 2. The van der Waals surface area contributed by atoms with E-state index in [-0.39, 0.29) is 5.41 Å². The molecule has 12 rings (SSSR count). The molecule has 0 bridgehead atoms. The third-order valence-corrected chi connectivity index (χ3v) is 15.3. The van der Waals surface area contributed by atoms with Crippen molar-refractivity contribution in [2.45, 2.75) is 72.1 Å². The van der Waals surface area contributed by atoms with Crippen LogP contribution in [-0.2, 0) is 17.3 Å². The van der Waals surface area contributed by atoms with E-state index in [1.165, 1.54) is 123 Å². The summed E-state index contributed by atoms with van der Waals surface area (Å²) in [6.45, 7) is 27.4. The Morgan fingerprint density at radius 1 is 0.467 bits per heavy atom. The molecule has 2 atom stereocenters. The molecule has 2 aliphatic carbocycles. The van der Waals surface area contributed by atoms with Crippen molar-refractivity contribution in [3.63, 3.8) is 0 Å². The highest BCUT2D eigenvalue weighted by Crippen LogP contribution is 2.59. The largest absolute Gasteiger partial charge is 0.0991 e. The van der Waals surface area contributed by atoms with Crippen molar-refractivity contribution in [3.8, 4) is 44.5 Å². The van der Waals surface area contributed by atoms with E-state index < -0.39 is 5.41 Å². The minimum atomic E-state index is -0.456. The van der Waals surface area contributed by atoms with Gasteiger partial charge in [0.05, 0.1) is 10.8 Å². The molecule has 0 heterocycles. The summed E-state index contributed by atoms with van der Waals surface area (Å²) in [5.74, 6) is 0. The predicted octanol–water partition coefficient (Wildman–Crippen LogP) is 20.8. The lowest BCUT2D eigenvalue weighted by molar-refractivity contribution is 0.749. The lowest BCUT2D eigenvalue weighted by Gasteiger charge is -2.34. The molecule has 0 heteroatoms.